The molecule has 0 aliphatic rings. The highest BCUT2D eigenvalue weighted by Crippen LogP contribution is 2.36. The lowest BCUT2D eigenvalue weighted by Crippen LogP contribution is -2.45. The second kappa shape index (κ2) is 7.96. The van der Waals surface area contributed by atoms with E-state index in [1.165, 1.54) is 13.8 Å². The van der Waals surface area contributed by atoms with Crippen molar-refractivity contribution in [3.8, 4) is 0 Å². The lowest BCUT2D eigenvalue weighted by molar-refractivity contribution is -0.179. The molecule has 0 unspecified atom stereocenters. The Labute approximate surface area is 108 Å². The van der Waals surface area contributed by atoms with Gasteiger partial charge in [0, 0.05) is 12.8 Å². The van der Waals surface area contributed by atoms with Crippen molar-refractivity contribution in [2.24, 2.45) is 5.41 Å². The van der Waals surface area contributed by atoms with E-state index in [0.29, 0.717) is 0 Å². The van der Waals surface area contributed by atoms with E-state index in [2.05, 4.69) is 9.47 Å². The summed E-state index contributed by atoms with van der Waals surface area (Å²) in [5.74, 6) is -2.82. The molecule has 0 spiro atoms. The highest BCUT2D eigenvalue weighted by Gasteiger charge is 2.52. The number of carbonyl (C=O) groups is 2. The van der Waals surface area contributed by atoms with E-state index in [9.17, 15) is 27.2 Å². The number of esters is 2. The van der Waals surface area contributed by atoms with Crippen LogP contribution in [-0.4, -0.2) is 38.0 Å². The first-order chi connectivity index (χ1) is 8.80. The van der Waals surface area contributed by atoms with Crippen LogP contribution in [0.2, 0.25) is 0 Å². The van der Waals surface area contributed by atoms with Crippen LogP contribution in [0.3, 0.4) is 0 Å². The molecule has 0 aromatic carbocycles. The van der Waals surface area contributed by atoms with Crippen LogP contribution < -0.4 is 0 Å². The SMILES string of the molecule is CCOC(=O)C(CC(F)F)(CC(F)F)C(=O)OCC. The normalized spacial score (nSPS) is 11.8. The molecule has 0 aromatic heterocycles. The third kappa shape index (κ3) is 5.04. The summed E-state index contributed by atoms with van der Waals surface area (Å²) in [5.41, 5.74) is -2.66. The number of carbonyl (C=O) groups excluding carboxylic acids is 2. The van der Waals surface area contributed by atoms with Crippen LogP contribution >= 0.6 is 0 Å². The first-order valence-electron chi connectivity index (χ1n) is 5.70. The molecular formula is C11H16F4O4. The molecule has 0 aliphatic heterocycles. The molecule has 4 nitrogen and oxygen atoms in total. The van der Waals surface area contributed by atoms with Gasteiger partial charge in [0.15, 0.2) is 5.41 Å². The van der Waals surface area contributed by atoms with E-state index in [0.717, 1.165) is 0 Å². The molecule has 8 heteroatoms. The quantitative estimate of drug-likeness (QED) is 0.391. The average Bonchev–Trinajstić information content (AvgIpc) is 2.27. The molecule has 0 radical (unpaired) electrons. The Morgan fingerprint density at radius 2 is 1.21 bits per heavy atom. The molecule has 19 heavy (non-hydrogen) atoms. The summed E-state index contributed by atoms with van der Waals surface area (Å²) >= 11 is 0. The van der Waals surface area contributed by atoms with Crippen molar-refractivity contribution < 1.29 is 36.6 Å². The minimum Gasteiger partial charge on any atom is -0.465 e. The van der Waals surface area contributed by atoms with E-state index in [-0.39, 0.29) is 13.2 Å². The third-order valence-corrected chi connectivity index (χ3v) is 2.34. The second-order valence-corrected chi connectivity index (χ2v) is 3.71. The summed E-state index contributed by atoms with van der Waals surface area (Å²) in [5, 5.41) is 0. The molecular weight excluding hydrogens is 272 g/mol. The van der Waals surface area contributed by atoms with E-state index >= 15 is 0 Å². The van der Waals surface area contributed by atoms with Crippen LogP contribution in [0, 0.1) is 5.41 Å². The van der Waals surface area contributed by atoms with Gasteiger partial charge in [0.1, 0.15) is 0 Å². The molecule has 0 N–H and O–H groups in total. The summed E-state index contributed by atoms with van der Waals surface area (Å²) in [7, 11) is 0. The van der Waals surface area contributed by atoms with Crippen LogP contribution in [0.15, 0.2) is 0 Å². The largest absolute Gasteiger partial charge is 0.465 e. The Kier molecular flexibility index (Phi) is 7.40. The van der Waals surface area contributed by atoms with E-state index in [1.807, 2.05) is 0 Å². The number of hydrogen-bond acceptors (Lipinski definition) is 4. The van der Waals surface area contributed by atoms with Crippen LogP contribution in [0.4, 0.5) is 17.6 Å². The lowest BCUT2D eigenvalue weighted by Gasteiger charge is -2.28. The number of halogens is 4. The maximum Gasteiger partial charge on any atom is 0.323 e. The monoisotopic (exact) mass is 288 g/mol. The maximum absolute atomic E-state index is 12.5. The summed E-state index contributed by atoms with van der Waals surface area (Å²) in [6.45, 7) is 2.32. The standard InChI is InChI=1S/C11H16F4O4/c1-3-18-9(16)11(5-7(12)13,6-8(14)15)10(17)19-4-2/h7-8H,3-6H2,1-2H3. The molecule has 0 saturated heterocycles. The summed E-state index contributed by atoms with van der Waals surface area (Å²) < 4.78 is 59.0. The van der Waals surface area contributed by atoms with Gasteiger partial charge in [0.05, 0.1) is 13.2 Å². The van der Waals surface area contributed by atoms with Crippen molar-refractivity contribution >= 4 is 11.9 Å². The molecule has 0 aliphatic carbocycles. The number of rotatable bonds is 8. The third-order valence-electron chi connectivity index (χ3n) is 2.34. The topological polar surface area (TPSA) is 52.6 Å². The second-order valence-electron chi connectivity index (χ2n) is 3.71. The molecule has 0 rings (SSSR count). The van der Waals surface area contributed by atoms with Crippen molar-refractivity contribution in [1.29, 1.82) is 0 Å². The van der Waals surface area contributed by atoms with Crippen molar-refractivity contribution in [3.05, 3.63) is 0 Å². The minimum absolute atomic E-state index is 0.216. The van der Waals surface area contributed by atoms with Crippen LogP contribution in [-0.2, 0) is 19.1 Å². The fraction of sp³-hybridized carbons (Fsp3) is 0.818. The van der Waals surface area contributed by atoms with Crippen molar-refractivity contribution in [1.82, 2.24) is 0 Å². The first-order valence-corrected chi connectivity index (χ1v) is 5.70. The first kappa shape index (κ1) is 17.7. The van der Waals surface area contributed by atoms with Gasteiger partial charge in [-0.25, -0.2) is 17.6 Å². The van der Waals surface area contributed by atoms with E-state index in [4.69, 9.17) is 0 Å². The van der Waals surface area contributed by atoms with E-state index < -0.39 is 43.0 Å². The average molecular weight is 288 g/mol. The van der Waals surface area contributed by atoms with Crippen LogP contribution in [0.25, 0.3) is 0 Å². The predicted molar refractivity (Wildman–Crippen MR) is 56.9 cm³/mol. The minimum atomic E-state index is -3.12. The van der Waals surface area contributed by atoms with Gasteiger partial charge < -0.3 is 9.47 Å². The maximum atomic E-state index is 12.5. The van der Waals surface area contributed by atoms with E-state index in [1.54, 1.807) is 0 Å². The predicted octanol–water partition coefficient (Wildman–Crippen LogP) is 2.41. The number of alkyl halides is 4. The summed E-state index contributed by atoms with van der Waals surface area (Å²) in [6, 6.07) is 0. The molecule has 0 amide bonds. The molecule has 0 atom stereocenters. The van der Waals surface area contributed by atoms with Gasteiger partial charge >= 0.3 is 11.9 Å². The molecule has 112 valence electrons. The molecule has 0 saturated carbocycles. The van der Waals surface area contributed by atoms with Gasteiger partial charge in [0.25, 0.3) is 0 Å². The Hall–Kier alpha value is -1.34. The highest BCUT2D eigenvalue weighted by molar-refractivity contribution is 6.00. The Morgan fingerprint density at radius 1 is 0.895 bits per heavy atom. The van der Waals surface area contributed by atoms with Gasteiger partial charge in [0.2, 0.25) is 12.9 Å². The zero-order chi connectivity index (χ0) is 15.1. The zero-order valence-corrected chi connectivity index (χ0v) is 10.6. The molecule has 0 aromatic rings. The Bertz CT molecular complexity index is 277. The van der Waals surface area contributed by atoms with Crippen LogP contribution in [0.1, 0.15) is 26.7 Å². The van der Waals surface area contributed by atoms with Gasteiger partial charge in [-0.3, -0.25) is 9.59 Å². The Morgan fingerprint density at radius 3 is 1.42 bits per heavy atom. The Balaban J connectivity index is 5.42. The van der Waals surface area contributed by atoms with Crippen molar-refractivity contribution in [2.45, 2.75) is 39.5 Å². The fourth-order valence-corrected chi connectivity index (χ4v) is 1.57. The molecule has 0 fully saturated rings. The number of hydrogen-bond donors (Lipinski definition) is 0. The lowest BCUT2D eigenvalue weighted by atomic mass is 9.81. The highest BCUT2D eigenvalue weighted by atomic mass is 19.3. The van der Waals surface area contributed by atoms with Crippen LogP contribution in [0.5, 0.6) is 0 Å². The van der Waals surface area contributed by atoms with Crippen molar-refractivity contribution in [2.75, 3.05) is 13.2 Å². The fourth-order valence-electron chi connectivity index (χ4n) is 1.57. The molecule has 0 bridgehead atoms. The van der Waals surface area contributed by atoms with Crippen molar-refractivity contribution in [3.63, 3.8) is 0 Å². The number of ether oxygens (including phenoxy) is 2. The summed E-state index contributed by atoms with van der Waals surface area (Å²) in [4.78, 5) is 23.3. The van der Waals surface area contributed by atoms with Gasteiger partial charge in [-0.15, -0.1) is 0 Å². The zero-order valence-electron chi connectivity index (χ0n) is 10.6. The van der Waals surface area contributed by atoms with Gasteiger partial charge in [-0.2, -0.15) is 0 Å². The smallest absolute Gasteiger partial charge is 0.323 e. The molecule has 0 heterocycles. The van der Waals surface area contributed by atoms with Gasteiger partial charge in [-0.05, 0) is 13.8 Å². The van der Waals surface area contributed by atoms with Gasteiger partial charge in [-0.1, -0.05) is 0 Å². The summed E-state index contributed by atoms with van der Waals surface area (Å²) in [6.07, 6.45) is -8.94.